The Labute approximate surface area is 93.4 Å². The van der Waals surface area contributed by atoms with Crippen LogP contribution in [0.1, 0.15) is 32.1 Å². The van der Waals surface area contributed by atoms with E-state index in [-0.39, 0.29) is 0 Å². The standard InChI is InChI=1S/C11H23NSSi/c1-14(2,3)13-10-6-9-12-11-7-4-5-8-11/h4-10H2,1-3H3. The Bertz CT molecular complexity index is 188. The number of nitrogens with zero attached hydrogens (tertiary/aromatic N) is 1. The molecule has 14 heavy (non-hydrogen) atoms. The van der Waals surface area contributed by atoms with Crippen LogP contribution in [-0.2, 0) is 0 Å². The Morgan fingerprint density at radius 3 is 2.43 bits per heavy atom. The van der Waals surface area contributed by atoms with Gasteiger partial charge < -0.3 is 0 Å². The van der Waals surface area contributed by atoms with Crippen molar-refractivity contribution in [2.24, 2.45) is 4.99 Å². The summed E-state index contributed by atoms with van der Waals surface area (Å²) < 4.78 is 0. The van der Waals surface area contributed by atoms with Gasteiger partial charge in [0, 0.05) is 12.3 Å². The third-order valence-corrected chi connectivity index (χ3v) is 6.92. The van der Waals surface area contributed by atoms with Gasteiger partial charge in [0.05, 0.1) is 0 Å². The Hall–Kier alpha value is 0.237. The predicted octanol–water partition coefficient (Wildman–Crippen LogP) is 3.96. The highest BCUT2D eigenvalue weighted by Gasteiger charge is 2.12. The lowest BCUT2D eigenvalue weighted by molar-refractivity contribution is 0.886. The minimum Gasteiger partial charge on any atom is -0.294 e. The molecule has 0 saturated heterocycles. The fraction of sp³-hybridized carbons (Fsp3) is 0.909. The van der Waals surface area contributed by atoms with Gasteiger partial charge in [-0.05, 0) is 37.9 Å². The van der Waals surface area contributed by atoms with Crippen molar-refractivity contribution < 1.29 is 0 Å². The highest BCUT2D eigenvalue weighted by molar-refractivity contribution is 8.28. The largest absolute Gasteiger partial charge is 0.294 e. The van der Waals surface area contributed by atoms with Crippen LogP contribution in [0.5, 0.6) is 0 Å². The molecule has 1 nitrogen and oxygen atoms in total. The van der Waals surface area contributed by atoms with Gasteiger partial charge in [-0.3, -0.25) is 4.99 Å². The molecule has 0 radical (unpaired) electrons. The lowest BCUT2D eigenvalue weighted by Crippen LogP contribution is -2.14. The maximum absolute atomic E-state index is 4.66. The maximum atomic E-state index is 4.66. The second-order valence-corrected chi connectivity index (χ2v) is 14.4. The zero-order valence-corrected chi connectivity index (χ0v) is 11.6. The van der Waals surface area contributed by atoms with E-state index in [0.29, 0.717) is 0 Å². The minimum absolute atomic E-state index is 0.870. The summed E-state index contributed by atoms with van der Waals surface area (Å²) in [6, 6.07) is 0. The van der Waals surface area contributed by atoms with Crippen molar-refractivity contribution in [1.82, 2.24) is 0 Å². The molecule has 0 unspecified atom stereocenters. The van der Waals surface area contributed by atoms with Crippen LogP contribution in [0.2, 0.25) is 19.6 Å². The molecular formula is C11H23NSSi. The van der Waals surface area contributed by atoms with Gasteiger partial charge in [-0.15, -0.1) is 0 Å². The summed E-state index contributed by atoms with van der Waals surface area (Å²) in [5.41, 5.74) is 1.49. The molecule has 0 N–H and O–H groups in total. The van der Waals surface area contributed by atoms with Crippen molar-refractivity contribution in [3.05, 3.63) is 0 Å². The van der Waals surface area contributed by atoms with Crippen LogP contribution >= 0.6 is 11.2 Å². The fourth-order valence-corrected chi connectivity index (χ4v) is 4.78. The molecule has 1 aliphatic rings. The summed E-state index contributed by atoms with van der Waals surface area (Å²) in [4.78, 5) is 4.66. The molecule has 1 rings (SSSR count). The second kappa shape index (κ2) is 5.96. The van der Waals surface area contributed by atoms with Crippen LogP contribution in [0.4, 0.5) is 0 Å². The predicted molar refractivity (Wildman–Crippen MR) is 71.2 cm³/mol. The molecular weight excluding hydrogens is 206 g/mol. The van der Waals surface area contributed by atoms with Crippen LogP contribution in [0.25, 0.3) is 0 Å². The Kier molecular flexibility index (Phi) is 5.24. The maximum Gasteiger partial charge on any atom is 0.108 e. The number of aliphatic imine (C=N–C) groups is 1. The first kappa shape index (κ1) is 12.3. The minimum atomic E-state index is -0.870. The Morgan fingerprint density at radius 1 is 1.21 bits per heavy atom. The van der Waals surface area contributed by atoms with Gasteiger partial charge >= 0.3 is 0 Å². The van der Waals surface area contributed by atoms with Crippen LogP contribution in [0, 0.1) is 0 Å². The molecule has 0 atom stereocenters. The molecule has 1 aliphatic carbocycles. The quantitative estimate of drug-likeness (QED) is 0.513. The van der Waals surface area contributed by atoms with E-state index in [9.17, 15) is 0 Å². The van der Waals surface area contributed by atoms with Gasteiger partial charge in [-0.2, -0.15) is 11.2 Å². The van der Waals surface area contributed by atoms with Crippen LogP contribution in [-0.4, -0.2) is 25.2 Å². The zero-order valence-electron chi connectivity index (χ0n) is 9.81. The molecule has 3 heteroatoms. The lowest BCUT2D eigenvalue weighted by Gasteiger charge is -2.14. The van der Waals surface area contributed by atoms with Gasteiger partial charge in [0.2, 0.25) is 0 Å². The van der Waals surface area contributed by atoms with E-state index >= 15 is 0 Å². The van der Waals surface area contributed by atoms with E-state index in [1.165, 1.54) is 43.6 Å². The van der Waals surface area contributed by atoms with Crippen LogP contribution < -0.4 is 0 Å². The SMILES string of the molecule is C[Si](C)(C)SCCCN=C1CCCC1. The van der Waals surface area contributed by atoms with Gasteiger partial charge in [0.15, 0.2) is 0 Å². The molecule has 82 valence electrons. The average Bonchev–Trinajstić information content (AvgIpc) is 2.54. The monoisotopic (exact) mass is 229 g/mol. The Morgan fingerprint density at radius 2 is 1.86 bits per heavy atom. The smallest absolute Gasteiger partial charge is 0.108 e. The molecule has 0 aromatic carbocycles. The van der Waals surface area contributed by atoms with E-state index < -0.39 is 7.22 Å². The summed E-state index contributed by atoms with van der Waals surface area (Å²) in [6.45, 7) is 8.33. The summed E-state index contributed by atoms with van der Waals surface area (Å²) in [5.74, 6) is 1.31. The number of hydrogen-bond donors (Lipinski definition) is 0. The third kappa shape index (κ3) is 5.86. The van der Waals surface area contributed by atoms with Crippen LogP contribution in [0.3, 0.4) is 0 Å². The Balaban J connectivity index is 2.01. The fourth-order valence-electron chi connectivity index (χ4n) is 1.62. The van der Waals surface area contributed by atoms with E-state index in [0.717, 1.165) is 6.54 Å². The van der Waals surface area contributed by atoms with Crippen molar-refractivity contribution in [2.75, 3.05) is 12.3 Å². The first-order chi connectivity index (χ1) is 6.58. The average molecular weight is 229 g/mol. The normalized spacial score (nSPS) is 17.5. The van der Waals surface area contributed by atoms with Crippen LogP contribution in [0.15, 0.2) is 4.99 Å². The molecule has 0 heterocycles. The van der Waals surface area contributed by atoms with Gasteiger partial charge in [0.25, 0.3) is 0 Å². The zero-order chi connectivity index (χ0) is 10.4. The summed E-state index contributed by atoms with van der Waals surface area (Å²) >= 11 is 2.19. The second-order valence-electron chi connectivity index (χ2n) is 4.97. The molecule has 1 fully saturated rings. The summed E-state index contributed by atoms with van der Waals surface area (Å²) in [5, 5.41) is 0. The molecule has 0 bridgehead atoms. The third-order valence-electron chi connectivity index (χ3n) is 2.35. The summed E-state index contributed by atoms with van der Waals surface area (Å²) in [6.07, 6.45) is 6.59. The van der Waals surface area contributed by atoms with Crippen molar-refractivity contribution in [1.29, 1.82) is 0 Å². The van der Waals surface area contributed by atoms with E-state index in [2.05, 4.69) is 35.8 Å². The van der Waals surface area contributed by atoms with Crippen molar-refractivity contribution in [3.63, 3.8) is 0 Å². The first-order valence-electron chi connectivity index (χ1n) is 5.74. The van der Waals surface area contributed by atoms with Gasteiger partial charge in [-0.1, -0.05) is 19.6 Å². The summed E-state index contributed by atoms with van der Waals surface area (Å²) in [7, 11) is -0.870. The van der Waals surface area contributed by atoms with Crippen molar-refractivity contribution in [2.45, 2.75) is 51.7 Å². The van der Waals surface area contributed by atoms with E-state index in [1.807, 2.05) is 0 Å². The van der Waals surface area contributed by atoms with E-state index in [4.69, 9.17) is 0 Å². The lowest BCUT2D eigenvalue weighted by atomic mass is 10.3. The highest BCUT2D eigenvalue weighted by atomic mass is 32.4. The molecule has 0 aromatic rings. The van der Waals surface area contributed by atoms with Crippen molar-refractivity contribution >= 4 is 24.1 Å². The van der Waals surface area contributed by atoms with E-state index in [1.54, 1.807) is 0 Å². The van der Waals surface area contributed by atoms with Gasteiger partial charge in [0.1, 0.15) is 7.22 Å². The van der Waals surface area contributed by atoms with Gasteiger partial charge in [-0.25, -0.2) is 0 Å². The number of rotatable bonds is 5. The molecule has 0 spiro atoms. The highest BCUT2D eigenvalue weighted by Crippen LogP contribution is 2.20. The molecule has 0 amide bonds. The molecule has 0 aromatic heterocycles. The molecule has 1 saturated carbocycles. The first-order valence-corrected chi connectivity index (χ1v) is 11.0. The van der Waals surface area contributed by atoms with Crippen molar-refractivity contribution in [3.8, 4) is 0 Å². The number of hydrogen-bond acceptors (Lipinski definition) is 2. The topological polar surface area (TPSA) is 12.4 Å². The molecule has 0 aliphatic heterocycles.